The summed E-state index contributed by atoms with van der Waals surface area (Å²) in [7, 11) is -3.27. The summed E-state index contributed by atoms with van der Waals surface area (Å²) in [5.74, 6) is -0.212. The van der Waals surface area contributed by atoms with Gasteiger partial charge in [0.25, 0.3) is 0 Å². The summed E-state index contributed by atoms with van der Waals surface area (Å²) in [6.45, 7) is 0.548. The van der Waals surface area contributed by atoms with Crippen molar-refractivity contribution in [2.45, 2.75) is 24.7 Å². The van der Waals surface area contributed by atoms with E-state index in [2.05, 4.69) is 29.2 Å². The fraction of sp³-hybridized carbons (Fsp3) is 0.250. The monoisotopic (exact) mass is 407 g/mol. The molecule has 1 heterocycles. The lowest BCUT2D eigenvalue weighted by atomic mass is 9.94. The number of benzene rings is 3. The highest BCUT2D eigenvalue weighted by Crippen LogP contribution is 2.35. The lowest BCUT2D eigenvalue weighted by Crippen LogP contribution is -2.45. The Bertz CT molecular complexity index is 984. The molecular formula is C24H25NO3S. The number of hydrogen-bond donors (Lipinski definition) is 1. The van der Waals surface area contributed by atoms with Crippen molar-refractivity contribution >= 4 is 9.84 Å². The summed E-state index contributed by atoms with van der Waals surface area (Å²) in [6, 6.07) is 29.5. The molecule has 0 saturated carbocycles. The maximum absolute atomic E-state index is 12.3. The van der Waals surface area contributed by atoms with Crippen LogP contribution in [0.2, 0.25) is 0 Å². The Labute approximate surface area is 172 Å². The number of aliphatic hydroxyl groups is 1. The zero-order valence-electron chi connectivity index (χ0n) is 16.1. The van der Waals surface area contributed by atoms with Crippen molar-refractivity contribution in [3.8, 4) is 0 Å². The fourth-order valence-electron chi connectivity index (χ4n) is 4.17. The van der Waals surface area contributed by atoms with Crippen LogP contribution < -0.4 is 0 Å². The first-order valence-corrected chi connectivity index (χ1v) is 11.6. The van der Waals surface area contributed by atoms with Crippen molar-refractivity contribution in [2.75, 3.05) is 11.5 Å². The minimum atomic E-state index is -3.27. The average Bonchev–Trinajstić information content (AvgIpc) is 3.02. The first-order valence-electron chi connectivity index (χ1n) is 9.81. The van der Waals surface area contributed by atoms with Crippen molar-refractivity contribution in [3.63, 3.8) is 0 Å². The van der Waals surface area contributed by atoms with E-state index in [9.17, 15) is 13.5 Å². The van der Waals surface area contributed by atoms with Crippen LogP contribution in [0.4, 0.5) is 0 Å². The molecule has 29 heavy (non-hydrogen) atoms. The van der Waals surface area contributed by atoms with E-state index in [1.165, 1.54) is 0 Å². The van der Waals surface area contributed by atoms with Gasteiger partial charge in [0.15, 0.2) is 9.84 Å². The van der Waals surface area contributed by atoms with Gasteiger partial charge >= 0.3 is 0 Å². The van der Waals surface area contributed by atoms with Crippen molar-refractivity contribution in [1.29, 1.82) is 0 Å². The Kier molecular flexibility index (Phi) is 5.81. The maximum atomic E-state index is 12.3. The molecule has 3 aromatic carbocycles. The molecule has 1 N–H and O–H groups in total. The molecule has 3 aromatic rings. The summed E-state index contributed by atoms with van der Waals surface area (Å²) in [5, 5.41) is 10.7. The minimum Gasteiger partial charge on any atom is -0.390 e. The van der Waals surface area contributed by atoms with E-state index in [1.54, 1.807) is 0 Å². The second kappa shape index (κ2) is 8.49. The Balaban J connectivity index is 1.82. The van der Waals surface area contributed by atoms with Gasteiger partial charge in [-0.05, 0) is 16.7 Å². The van der Waals surface area contributed by atoms with E-state index >= 15 is 0 Å². The average molecular weight is 408 g/mol. The Morgan fingerprint density at radius 1 is 0.793 bits per heavy atom. The van der Waals surface area contributed by atoms with Gasteiger partial charge < -0.3 is 5.11 Å². The number of nitrogens with zero attached hydrogens (tertiary/aromatic N) is 1. The van der Waals surface area contributed by atoms with Gasteiger partial charge in [0.2, 0.25) is 0 Å². The Morgan fingerprint density at radius 2 is 1.28 bits per heavy atom. The lowest BCUT2D eigenvalue weighted by molar-refractivity contribution is 0.0582. The van der Waals surface area contributed by atoms with Crippen LogP contribution in [0.5, 0.6) is 0 Å². The van der Waals surface area contributed by atoms with Crippen molar-refractivity contribution in [3.05, 3.63) is 108 Å². The summed E-state index contributed by atoms with van der Waals surface area (Å²) >= 11 is 0. The molecule has 0 amide bonds. The molecule has 2 atom stereocenters. The quantitative estimate of drug-likeness (QED) is 0.680. The first-order chi connectivity index (χ1) is 14.0. The van der Waals surface area contributed by atoms with E-state index in [0.717, 1.165) is 16.7 Å². The highest BCUT2D eigenvalue weighted by Gasteiger charge is 2.42. The largest absolute Gasteiger partial charge is 0.390 e. The van der Waals surface area contributed by atoms with Crippen molar-refractivity contribution in [2.24, 2.45) is 0 Å². The third-order valence-corrected chi connectivity index (χ3v) is 7.19. The van der Waals surface area contributed by atoms with Gasteiger partial charge in [-0.15, -0.1) is 0 Å². The van der Waals surface area contributed by atoms with E-state index < -0.39 is 22.0 Å². The molecule has 4 rings (SSSR count). The number of aliphatic hydroxyl groups excluding tert-OH is 1. The van der Waals surface area contributed by atoms with Crippen LogP contribution in [0, 0.1) is 0 Å². The van der Waals surface area contributed by atoms with Gasteiger partial charge in [-0.2, -0.15) is 0 Å². The van der Waals surface area contributed by atoms with E-state index in [1.807, 2.05) is 66.7 Å². The Morgan fingerprint density at radius 3 is 1.72 bits per heavy atom. The fourth-order valence-corrected chi connectivity index (χ4v) is 5.98. The SMILES string of the molecule is O=S1(=O)C[C@@H](O)[C@@H](N(Cc2ccccc2)C(c2ccccc2)c2ccccc2)C1. The summed E-state index contributed by atoms with van der Waals surface area (Å²) < 4.78 is 24.6. The smallest absolute Gasteiger partial charge is 0.154 e. The normalized spacial score (nSPS) is 20.9. The van der Waals surface area contributed by atoms with E-state index in [-0.39, 0.29) is 17.5 Å². The Hall–Kier alpha value is -2.47. The zero-order chi connectivity index (χ0) is 20.3. The second-order valence-electron chi connectivity index (χ2n) is 7.59. The van der Waals surface area contributed by atoms with Gasteiger partial charge in [-0.3, -0.25) is 4.90 Å². The highest BCUT2D eigenvalue weighted by atomic mass is 32.2. The molecule has 1 fully saturated rings. The minimum absolute atomic E-state index is 0.0306. The molecule has 0 unspecified atom stereocenters. The summed E-state index contributed by atoms with van der Waals surface area (Å²) in [6.07, 6.45) is -0.904. The first kappa shape index (κ1) is 19.8. The van der Waals surface area contributed by atoms with Crippen LogP contribution in [0.15, 0.2) is 91.0 Å². The third-order valence-electron chi connectivity index (χ3n) is 5.49. The van der Waals surface area contributed by atoms with Crippen LogP contribution in [0.1, 0.15) is 22.7 Å². The van der Waals surface area contributed by atoms with Crippen LogP contribution in [-0.4, -0.2) is 42.1 Å². The van der Waals surface area contributed by atoms with E-state index in [4.69, 9.17) is 0 Å². The van der Waals surface area contributed by atoms with Crippen molar-refractivity contribution in [1.82, 2.24) is 4.90 Å². The number of hydrogen-bond acceptors (Lipinski definition) is 4. The molecule has 5 heteroatoms. The molecule has 0 spiro atoms. The topological polar surface area (TPSA) is 57.6 Å². The van der Waals surface area contributed by atoms with Gasteiger partial charge in [-0.1, -0.05) is 91.0 Å². The van der Waals surface area contributed by atoms with Crippen molar-refractivity contribution < 1.29 is 13.5 Å². The van der Waals surface area contributed by atoms with Gasteiger partial charge in [0, 0.05) is 6.54 Å². The molecule has 0 aliphatic carbocycles. The molecule has 150 valence electrons. The van der Waals surface area contributed by atoms with Crippen LogP contribution in [0.3, 0.4) is 0 Å². The van der Waals surface area contributed by atoms with Gasteiger partial charge in [0.05, 0.1) is 29.7 Å². The summed E-state index contributed by atoms with van der Waals surface area (Å²) in [4.78, 5) is 2.15. The predicted molar refractivity (Wildman–Crippen MR) is 115 cm³/mol. The second-order valence-corrected chi connectivity index (χ2v) is 9.75. The van der Waals surface area contributed by atoms with Crippen LogP contribution in [0.25, 0.3) is 0 Å². The molecule has 0 aromatic heterocycles. The standard InChI is InChI=1S/C24H25NO3S/c26-23-18-29(27,28)17-22(23)25(16-19-10-4-1-5-11-19)24(20-12-6-2-7-13-20)21-14-8-3-9-15-21/h1-15,22-24,26H,16-18H2/t22-,23+/m0/s1. The molecule has 0 radical (unpaired) electrons. The van der Waals surface area contributed by atoms with Gasteiger partial charge in [-0.25, -0.2) is 8.42 Å². The van der Waals surface area contributed by atoms with E-state index in [0.29, 0.717) is 6.54 Å². The molecule has 1 saturated heterocycles. The van der Waals surface area contributed by atoms with Crippen LogP contribution in [-0.2, 0) is 16.4 Å². The number of sulfone groups is 1. The predicted octanol–water partition coefficient (Wildman–Crippen LogP) is 3.44. The van der Waals surface area contributed by atoms with Gasteiger partial charge in [0.1, 0.15) is 0 Å². The number of rotatable bonds is 6. The lowest BCUT2D eigenvalue weighted by Gasteiger charge is -2.38. The van der Waals surface area contributed by atoms with Crippen LogP contribution >= 0.6 is 0 Å². The maximum Gasteiger partial charge on any atom is 0.154 e. The third kappa shape index (κ3) is 4.58. The zero-order valence-corrected chi connectivity index (χ0v) is 16.9. The molecule has 1 aliphatic heterocycles. The molecule has 1 aliphatic rings. The highest BCUT2D eigenvalue weighted by molar-refractivity contribution is 7.91. The summed E-state index contributed by atoms with van der Waals surface area (Å²) in [5.41, 5.74) is 3.23. The molecular weight excluding hydrogens is 382 g/mol. The molecule has 0 bridgehead atoms. The molecule has 4 nitrogen and oxygen atoms in total.